The number of carbonyl (C=O) groups excluding carboxylic acids is 1. The number of hydrogen-bond donors (Lipinski definition) is 2. The molecule has 0 spiro atoms. The number of amides is 2. The van der Waals surface area contributed by atoms with Gasteiger partial charge in [-0.05, 0) is 18.6 Å². The van der Waals surface area contributed by atoms with Gasteiger partial charge in [0.2, 0.25) is 0 Å². The first-order valence-corrected chi connectivity index (χ1v) is 9.15. The fraction of sp³-hybridized carbons (Fsp3) is 0.846. The number of carboxylic acids is 1. The van der Waals surface area contributed by atoms with Gasteiger partial charge in [0.1, 0.15) is 6.04 Å². The van der Waals surface area contributed by atoms with E-state index in [9.17, 15) is 14.7 Å². The Kier molecular flexibility index (Phi) is 7.02. The van der Waals surface area contributed by atoms with Crippen molar-refractivity contribution in [2.75, 3.05) is 18.6 Å². The van der Waals surface area contributed by atoms with Crippen molar-refractivity contribution in [3.63, 3.8) is 0 Å². The van der Waals surface area contributed by atoms with Crippen molar-refractivity contribution in [2.24, 2.45) is 5.92 Å². The Bertz CT molecular complexity index is 353. The molecule has 0 aliphatic carbocycles. The summed E-state index contributed by atoms with van der Waals surface area (Å²) in [5.74, 6) is -0.221. The van der Waals surface area contributed by atoms with Gasteiger partial charge in [-0.3, -0.25) is 4.90 Å². The third-order valence-corrected chi connectivity index (χ3v) is 6.02. The Hall–Kier alpha value is -0.560. The fourth-order valence-electron chi connectivity index (χ4n) is 2.08. The summed E-state index contributed by atoms with van der Waals surface area (Å²) >= 11 is 3.30. The Labute approximate surface area is 129 Å². The monoisotopic (exact) mass is 320 g/mol. The minimum absolute atomic E-state index is 0.0610. The van der Waals surface area contributed by atoms with Crippen LogP contribution in [0.25, 0.3) is 0 Å². The highest BCUT2D eigenvalue weighted by Gasteiger charge is 2.42. The Morgan fingerprint density at radius 2 is 2.10 bits per heavy atom. The number of carbonyl (C=O) groups is 2. The molecule has 0 radical (unpaired) electrons. The summed E-state index contributed by atoms with van der Waals surface area (Å²) in [5, 5.41) is 12.5. The number of rotatable bonds is 6. The number of nitrogens with zero attached hydrogens (tertiary/aromatic N) is 1. The fourth-order valence-corrected chi connectivity index (χ4v) is 3.90. The molecule has 0 bridgehead atoms. The van der Waals surface area contributed by atoms with E-state index in [1.54, 1.807) is 23.5 Å². The molecule has 1 heterocycles. The predicted octanol–water partition coefficient (Wildman–Crippen LogP) is 2.32. The van der Waals surface area contributed by atoms with Gasteiger partial charge in [-0.15, -0.1) is 11.8 Å². The number of nitrogens with one attached hydrogen (secondary N) is 1. The SMILES string of the molecule is CSC(C)CCNC(=O)N1C(C(=O)O)CSC1C(C)C. The van der Waals surface area contributed by atoms with E-state index in [4.69, 9.17) is 0 Å². The average molecular weight is 320 g/mol. The van der Waals surface area contributed by atoms with E-state index in [1.807, 2.05) is 20.1 Å². The Morgan fingerprint density at radius 1 is 1.45 bits per heavy atom. The van der Waals surface area contributed by atoms with Crippen LogP contribution in [0, 0.1) is 5.92 Å². The van der Waals surface area contributed by atoms with Gasteiger partial charge in [0.05, 0.1) is 5.37 Å². The first-order chi connectivity index (χ1) is 9.38. The first kappa shape index (κ1) is 17.5. The van der Waals surface area contributed by atoms with Gasteiger partial charge in [-0.1, -0.05) is 20.8 Å². The van der Waals surface area contributed by atoms with Crippen LogP contribution in [0.4, 0.5) is 4.79 Å². The van der Waals surface area contributed by atoms with Crippen molar-refractivity contribution in [3.05, 3.63) is 0 Å². The number of urea groups is 1. The molecular formula is C13H24N2O3S2. The molecule has 1 rings (SSSR count). The molecule has 2 N–H and O–H groups in total. The molecule has 3 unspecified atom stereocenters. The van der Waals surface area contributed by atoms with Crippen LogP contribution >= 0.6 is 23.5 Å². The molecule has 0 saturated carbocycles. The lowest BCUT2D eigenvalue weighted by atomic mass is 10.1. The lowest BCUT2D eigenvalue weighted by molar-refractivity contribution is -0.141. The second-order valence-corrected chi connectivity index (χ2v) is 7.72. The standard InChI is InChI=1S/C13H24N2O3S2/c1-8(2)11-15(10(7-20-11)12(16)17)13(18)14-6-5-9(3)19-4/h8-11H,5-7H2,1-4H3,(H,14,18)(H,16,17). The highest BCUT2D eigenvalue weighted by atomic mass is 32.2. The third kappa shape index (κ3) is 4.48. The van der Waals surface area contributed by atoms with Crippen molar-refractivity contribution in [3.8, 4) is 0 Å². The number of thioether (sulfide) groups is 2. The van der Waals surface area contributed by atoms with Gasteiger partial charge in [0.15, 0.2) is 0 Å². The zero-order valence-corrected chi connectivity index (χ0v) is 14.1. The second-order valence-electron chi connectivity index (χ2n) is 5.30. The van der Waals surface area contributed by atoms with Gasteiger partial charge in [0, 0.05) is 17.5 Å². The van der Waals surface area contributed by atoms with Crippen LogP contribution in [0.2, 0.25) is 0 Å². The molecule has 1 aliphatic rings. The maximum absolute atomic E-state index is 12.3. The zero-order valence-electron chi connectivity index (χ0n) is 12.5. The van der Waals surface area contributed by atoms with Gasteiger partial charge in [0.25, 0.3) is 0 Å². The number of hydrogen-bond acceptors (Lipinski definition) is 4. The molecule has 5 nitrogen and oxygen atoms in total. The lowest BCUT2D eigenvalue weighted by Crippen LogP contribution is -2.51. The summed E-state index contributed by atoms with van der Waals surface area (Å²) < 4.78 is 0. The molecule has 1 fully saturated rings. The molecule has 2 amide bonds. The first-order valence-electron chi connectivity index (χ1n) is 6.81. The maximum atomic E-state index is 12.3. The molecule has 0 aromatic rings. The lowest BCUT2D eigenvalue weighted by Gasteiger charge is -2.29. The summed E-state index contributed by atoms with van der Waals surface area (Å²) in [6.07, 6.45) is 2.93. The van der Waals surface area contributed by atoms with Crippen molar-refractivity contribution in [1.82, 2.24) is 10.2 Å². The average Bonchev–Trinajstić information content (AvgIpc) is 2.83. The van der Waals surface area contributed by atoms with Crippen LogP contribution in [0.1, 0.15) is 27.2 Å². The van der Waals surface area contributed by atoms with E-state index >= 15 is 0 Å². The molecular weight excluding hydrogens is 296 g/mol. The number of carboxylic acid groups (broad SMARTS) is 1. The van der Waals surface area contributed by atoms with Crippen LogP contribution in [0.15, 0.2) is 0 Å². The molecule has 20 heavy (non-hydrogen) atoms. The molecule has 7 heteroatoms. The topological polar surface area (TPSA) is 69.6 Å². The predicted molar refractivity (Wildman–Crippen MR) is 85.3 cm³/mol. The van der Waals surface area contributed by atoms with Gasteiger partial charge in [-0.25, -0.2) is 9.59 Å². The van der Waals surface area contributed by atoms with Crippen molar-refractivity contribution in [1.29, 1.82) is 0 Å². The third-order valence-electron chi connectivity index (χ3n) is 3.35. The van der Waals surface area contributed by atoms with Crippen molar-refractivity contribution < 1.29 is 14.7 Å². The quantitative estimate of drug-likeness (QED) is 0.786. The zero-order chi connectivity index (χ0) is 15.3. The molecule has 1 saturated heterocycles. The van der Waals surface area contributed by atoms with Gasteiger partial charge >= 0.3 is 12.0 Å². The van der Waals surface area contributed by atoms with E-state index < -0.39 is 12.0 Å². The van der Waals surface area contributed by atoms with Crippen molar-refractivity contribution >= 4 is 35.5 Å². The van der Waals surface area contributed by atoms with E-state index in [0.717, 1.165) is 6.42 Å². The highest BCUT2D eigenvalue weighted by molar-refractivity contribution is 8.00. The minimum Gasteiger partial charge on any atom is -0.480 e. The molecule has 1 aliphatic heterocycles. The van der Waals surface area contributed by atoms with E-state index in [1.165, 1.54) is 4.90 Å². The Morgan fingerprint density at radius 3 is 2.60 bits per heavy atom. The van der Waals surface area contributed by atoms with Crippen LogP contribution < -0.4 is 5.32 Å². The number of aliphatic carboxylic acids is 1. The van der Waals surface area contributed by atoms with E-state index in [0.29, 0.717) is 17.5 Å². The summed E-state index contributed by atoms with van der Waals surface area (Å²) in [5.41, 5.74) is 0. The molecule has 0 aromatic heterocycles. The van der Waals surface area contributed by atoms with E-state index in [-0.39, 0.29) is 17.3 Å². The van der Waals surface area contributed by atoms with Gasteiger partial charge < -0.3 is 10.4 Å². The highest BCUT2D eigenvalue weighted by Crippen LogP contribution is 2.34. The van der Waals surface area contributed by atoms with Crippen LogP contribution in [0.5, 0.6) is 0 Å². The van der Waals surface area contributed by atoms with Crippen LogP contribution in [-0.4, -0.2) is 57.2 Å². The summed E-state index contributed by atoms with van der Waals surface area (Å²) in [6, 6.07) is -0.972. The molecule has 0 aromatic carbocycles. The smallest absolute Gasteiger partial charge is 0.327 e. The Balaban J connectivity index is 2.62. The van der Waals surface area contributed by atoms with Crippen LogP contribution in [0.3, 0.4) is 0 Å². The normalized spacial score (nSPS) is 23.9. The van der Waals surface area contributed by atoms with Crippen molar-refractivity contribution in [2.45, 2.75) is 43.9 Å². The molecule has 3 atom stereocenters. The minimum atomic E-state index is -0.923. The summed E-state index contributed by atoms with van der Waals surface area (Å²) in [7, 11) is 0. The summed E-state index contributed by atoms with van der Waals surface area (Å²) in [4.78, 5) is 25.1. The maximum Gasteiger partial charge on any atom is 0.327 e. The van der Waals surface area contributed by atoms with Crippen LogP contribution in [-0.2, 0) is 4.79 Å². The van der Waals surface area contributed by atoms with Gasteiger partial charge in [-0.2, -0.15) is 11.8 Å². The van der Waals surface area contributed by atoms with E-state index in [2.05, 4.69) is 12.2 Å². The summed E-state index contributed by atoms with van der Waals surface area (Å²) in [6.45, 7) is 6.72. The molecule has 116 valence electrons. The largest absolute Gasteiger partial charge is 0.480 e. The second kappa shape index (κ2) is 8.02.